The number of amides is 1. The summed E-state index contributed by atoms with van der Waals surface area (Å²) in [6, 6.07) is 5.87. The van der Waals surface area contributed by atoms with E-state index in [0.717, 1.165) is 6.42 Å². The molecular weight excluding hydrogens is 282 g/mol. The summed E-state index contributed by atoms with van der Waals surface area (Å²) in [5.41, 5.74) is 0.584. The van der Waals surface area contributed by atoms with Gasteiger partial charge in [0, 0.05) is 29.8 Å². The summed E-state index contributed by atoms with van der Waals surface area (Å²) in [5, 5.41) is 13.7. The molecule has 0 unspecified atom stereocenters. The van der Waals surface area contributed by atoms with Crippen molar-refractivity contribution < 1.29 is 9.72 Å². The van der Waals surface area contributed by atoms with Gasteiger partial charge in [-0.2, -0.15) is 0 Å². The van der Waals surface area contributed by atoms with Crippen LogP contribution >= 0.6 is 0 Å². The predicted octanol–water partition coefficient (Wildman–Crippen LogP) is 2.34. The maximum Gasteiger partial charge on any atom is 0.270 e. The summed E-state index contributed by atoms with van der Waals surface area (Å²) < 4.78 is 0. The Morgan fingerprint density at radius 2 is 2.05 bits per heavy atom. The van der Waals surface area contributed by atoms with E-state index in [-0.39, 0.29) is 17.1 Å². The molecule has 0 atom stereocenters. The van der Waals surface area contributed by atoms with E-state index in [1.165, 1.54) is 50.9 Å². The summed E-state index contributed by atoms with van der Waals surface area (Å²) in [6.07, 6.45) is 5.91. The standard InChI is InChI=1S/C16H21N3O3/c20-15(13-4-1-5-14(12-13)19(21)22)17-9-8-16-6-2-10-18(16)11-3-7-16/h1,4-5,12H,2-3,6-11H2,(H,17,20). The third-order valence-electron chi connectivity index (χ3n) is 5.01. The largest absolute Gasteiger partial charge is 0.352 e. The van der Waals surface area contributed by atoms with Crippen molar-refractivity contribution in [1.29, 1.82) is 0 Å². The van der Waals surface area contributed by atoms with Crippen LogP contribution in [0.3, 0.4) is 0 Å². The molecule has 6 heteroatoms. The van der Waals surface area contributed by atoms with Gasteiger partial charge >= 0.3 is 0 Å². The zero-order valence-corrected chi connectivity index (χ0v) is 12.6. The number of carbonyl (C=O) groups is 1. The topological polar surface area (TPSA) is 75.5 Å². The van der Waals surface area contributed by atoms with Crippen molar-refractivity contribution in [1.82, 2.24) is 10.2 Å². The highest BCUT2D eigenvalue weighted by molar-refractivity contribution is 5.94. The Morgan fingerprint density at radius 3 is 2.73 bits per heavy atom. The fraction of sp³-hybridized carbons (Fsp3) is 0.562. The van der Waals surface area contributed by atoms with E-state index in [1.807, 2.05) is 0 Å². The number of rotatable bonds is 5. The maximum absolute atomic E-state index is 12.1. The molecule has 3 rings (SSSR count). The number of hydrogen-bond acceptors (Lipinski definition) is 4. The number of hydrogen-bond donors (Lipinski definition) is 1. The lowest BCUT2D eigenvalue weighted by Gasteiger charge is -2.32. The number of benzene rings is 1. The van der Waals surface area contributed by atoms with Crippen molar-refractivity contribution in [2.45, 2.75) is 37.6 Å². The molecule has 0 spiro atoms. The van der Waals surface area contributed by atoms with Crippen LogP contribution in [0.4, 0.5) is 5.69 Å². The molecular formula is C16H21N3O3. The van der Waals surface area contributed by atoms with Crippen molar-refractivity contribution in [2.24, 2.45) is 0 Å². The van der Waals surface area contributed by atoms with Crippen LogP contribution in [-0.4, -0.2) is 40.9 Å². The van der Waals surface area contributed by atoms with Crippen LogP contribution in [0.5, 0.6) is 0 Å². The van der Waals surface area contributed by atoms with Gasteiger partial charge in [-0.05, 0) is 51.3 Å². The summed E-state index contributed by atoms with van der Waals surface area (Å²) in [7, 11) is 0. The van der Waals surface area contributed by atoms with E-state index in [1.54, 1.807) is 12.1 Å². The molecule has 22 heavy (non-hydrogen) atoms. The van der Waals surface area contributed by atoms with Crippen LogP contribution in [0.25, 0.3) is 0 Å². The smallest absolute Gasteiger partial charge is 0.270 e. The van der Waals surface area contributed by atoms with Crippen LogP contribution in [-0.2, 0) is 0 Å². The molecule has 1 aromatic carbocycles. The van der Waals surface area contributed by atoms with Crippen molar-refractivity contribution in [3.05, 3.63) is 39.9 Å². The summed E-state index contributed by atoms with van der Waals surface area (Å²) in [4.78, 5) is 25.0. The minimum absolute atomic E-state index is 0.0518. The van der Waals surface area contributed by atoms with Crippen molar-refractivity contribution in [3.63, 3.8) is 0 Å². The number of fused-ring (bicyclic) bond motifs is 1. The average Bonchev–Trinajstić information content (AvgIpc) is 3.07. The van der Waals surface area contributed by atoms with Gasteiger partial charge < -0.3 is 5.32 Å². The van der Waals surface area contributed by atoms with Gasteiger partial charge in [0.15, 0.2) is 0 Å². The lowest BCUT2D eigenvalue weighted by Crippen LogP contribution is -2.41. The Morgan fingerprint density at radius 1 is 1.32 bits per heavy atom. The first kappa shape index (κ1) is 15.0. The molecule has 1 N–H and O–H groups in total. The molecule has 0 saturated carbocycles. The molecule has 1 aromatic rings. The lowest BCUT2D eigenvalue weighted by atomic mass is 9.90. The number of nitrogens with zero attached hydrogens (tertiary/aromatic N) is 2. The molecule has 2 aliphatic heterocycles. The lowest BCUT2D eigenvalue weighted by molar-refractivity contribution is -0.384. The molecule has 0 aliphatic carbocycles. The molecule has 1 amide bonds. The van der Waals surface area contributed by atoms with E-state index < -0.39 is 4.92 Å². The first-order valence-electron chi connectivity index (χ1n) is 7.88. The number of nitro groups is 1. The second-order valence-electron chi connectivity index (χ2n) is 6.23. The maximum atomic E-state index is 12.1. The van der Waals surface area contributed by atoms with Crippen LogP contribution < -0.4 is 5.32 Å². The molecule has 2 saturated heterocycles. The van der Waals surface area contributed by atoms with E-state index >= 15 is 0 Å². The normalized spacial score (nSPS) is 19.8. The SMILES string of the molecule is O=C(NCCC12CCCN1CCC2)c1cccc([N+](=O)[O-])c1. The van der Waals surface area contributed by atoms with E-state index in [0.29, 0.717) is 12.1 Å². The van der Waals surface area contributed by atoms with Gasteiger partial charge in [-0.15, -0.1) is 0 Å². The van der Waals surface area contributed by atoms with Crippen molar-refractivity contribution >= 4 is 11.6 Å². The summed E-state index contributed by atoms with van der Waals surface area (Å²) in [5.74, 6) is -0.234. The van der Waals surface area contributed by atoms with Gasteiger partial charge in [0.2, 0.25) is 0 Å². The fourth-order valence-electron chi connectivity index (χ4n) is 3.90. The van der Waals surface area contributed by atoms with Crippen molar-refractivity contribution in [2.75, 3.05) is 19.6 Å². The van der Waals surface area contributed by atoms with Crippen LogP contribution in [0, 0.1) is 10.1 Å². The Labute approximate surface area is 129 Å². The number of nitrogens with one attached hydrogen (secondary N) is 1. The minimum atomic E-state index is -0.481. The van der Waals surface area contributed by atoms with E-state index in [9.17, 15) is 14.9 Å². The van der Waals surface area contributed by atoms with Gasteiger partial charge in [-0.3, -0.25) is 19.8 Å². The second-order valence-corrected chi connectivity index (χ2v) is 6.23. The highest BCUT2D eigenvalue weighted by Gasteiger charge is 2.43. The summed E-state index contributed by atoms with van der Waals surface area (Å²) in [6.45, 7) is 2.98. The Kier molecular flexibility index (Phi) is 4.11. The fourth-order valence-corrected chi connectivity index (χ4v) is 3.90. The average molecular weight is 303 g/mol. The summed E-state index contributed by atoms with van der Waals surface area (Å²) >= 11 is 0. The zero-order chi connectivity index (χ0) is 15.6. The first-order chi connectivity index (χ1) is 10.6. The Bertz CT molecular complexity index is 578. The van der Waals surface area contributed by atoms with Gasteiger partial charge in [-0.25, -0.2) is 0 Å². The Balaban J connectivity index is 1.56. The van der Waals surface area contributed by atoms with Crippen LogP contribution in [0.15, 0.2) is 24.3 Å². The molecule has 118 valence electrons. The zero-order valence-electron chi connectivity index (χ0n) is 12.6. The molecule has 2 heterocycles. The van der Waals surface area contributed by atoms with Crippen LogP contribution in [0.2, 0.25) is 0 Å². The highest BCUT2D eigenvalue weighted by atomic mass is 16.6. The highest BCUT2D eigenvalue weighted by Crippen LogP contribution is 2.40. The number of non-ortho nitro benzene ring substituents is 1. The molecule has 2 fully saturated rings. The van der Waals surface area contributed by atoms with E-state index in [2.05, 4.69) is 10.2 Å². The molecule has 6 nitrogen and oxygen atoms in total. The van der Waals surface area contributed by atoms with Gasteiger partial charge in [-0.1, -0.05) is 6.07 Å². The van der Waals surface area contributed by atoms with Gasteiger partial charge in [0.25, 0.3) is 11.6 Å². The van der Waals surface area contributed by atoms with Crippen LogP contribution in [0.1, 0.15) is 42.5 Å². The third kappa shape index (κ3) is 2.83. The molecule has 0 aromatic heterocycles. The molecule has 2 aliphatic rings. The van der Waals surface area contributed by atoms with Gasteiger partial charge in [0.1, 0.15) is 0 Å². The number of carbonyl (C=O) groups excluding carboxylic acids is 1. The molecule has 0 bridgehead atoms. The number of nitro benzene ring substituents is 1. The quantitative estimate of drug-likeness (QED) is 0.669. The second kappa shape index (κ2) is 6.04. The van der Waals surface area contributed by atoms with Crippen molar-refractivity contribution in [3.8, 4) is 0 Å². The van der Waals surface area contributed by atoms with Gasteiger partial charge in [0.05, 0.1) is 4.92 Å². The minimum Gasteiger partial charge on any atom is -0.352 e. The third-order valence-corrected chi connectivity index (χ3v) is 5.01. The molecule has 0 radical (unpaired) electrons. The first-order valence-corrected chi connectivity index (χ1v) is 7.88. The predicted molar refractivity (Wildman–Crippen MR) is 82.8 cm³/mol. The monoisotopic (exact) mass is 303 g/mol. The Hall–Kier alpha value is -1.95. The van der Waals surface area contributed by atoms with E-state index in [4.69, 9.17) is 0 Å².